The van der Waals surface area contributed by atoms with Crippen molar-refractivity contribution in [3.05, 3.63) is 46.7 Å². The third-order valence-electron chi connectivity index (χ3n) is 4.99. The van der Waals surface area contributed by atoms with Crippen molar-refractivity contribution in [1.29, 1.82) is 0 Å². The van der Waals surface area contributed by atoms with Crippen molar-refractivity contribution >= 4 is 28.3 Å². The van der Waals surface area contributed by atoms with Crippen LogP contribution in [0.1, 0.15) is 11.0 Å². The van der Waals surface area contributed by atoms with Gasteiger partial charge in [0.15, 0.2) is 0 Å². The van der Waals surface area contributed by atoms with Gasteiger partial charge in [-0.3, -0.25) is 10.6 Å². The van der Waals surface area contributed by atoms with E-state index in [4.69, 9.17) is 10.5 Å². The Hall–Kier alpha value is -1.93. The average Bonchev–Trinajstić information content (AvgIpc) is 3.29. The summed E-state index contributed by atoms with van der Waals surface area (Å²) in [5.41, 5.74) is 8.67. The van der Waals surface area contributed by atoms with Crippen LogP contribution in [0.5, 0.6) is 0 Å². The normalized spacial score (nSPS) is 17.0. The monoisotopic (exact) mass is 373 g/mol. The lowest BCUT2D eigenvalue weighted by Gasteiger charge is -2.26. The lowest BCUT2D eigenvalue weighted by atomic mass is 10.2. The highest BCUT2D eigenvalue weighted by molar-refractivity contribution is 7.10. The molecule has 3 heterocycles. The van der Waals surface area contributed by atoms with Gasteiger partial charge in [-0.2, -0.15) is 0 Å². The molecule has 0 amide bonds. The molecular formula is C19H25N4O2S+. The molecule has 0 radical (unpaired) electrons. The molecular weight excluding hydrogens is 348 g/mol. The highest BCUT2D eigenvalue weighted by atomic mass is 32.1. The summed E-state index contributed by atoms with van der Waals surface area (Å²) in [6.07, 6.45) is -0.555. The van der Waals surface area contributed by atoms with Crippen molar-refractivity contribution < 1.29 is 14.4 Å². The van der Waals surface area contributed by atoms with Crippen LogP contribution in [-0.4, -0.2) is 47.4 Å². The summed E-state index contributed by atoms with van der Waals surface area (Å²) in [5, 5.41) is 12.6. The van der Waals surface area contributed by atoms with Crippen molar-refractivity contribution in [1.82, 2.24) is 9.47 Å². The van der Waals surface area contributed by atoms with Gasteiger partial charge in [0.05, 0.1) is 19.8 Å². The summed E-state index contributed by atoms with van der Waals surface area (Å²) in [6, 6.07) is 12.1. The first-order valence-corrected chi connectivity index (χ1v) is 9.90. The highest BCUT2D eigenvalue weighted by Crippen LogP contribution is 2.22. The lowest BCUT2D eigenvalue weighted by molar-refractivity contribution is -0.666. The van der Waals surface area contributed by atoms with Gasteiger partial charge in [0.25, 0.3) is 0 Å². The van der Waals surface area contributed by atoms with E-state index in [2.05, 4.69) is 21.6 Å². The Morgan fingerprint density at radius 3 is 2.73 bits per heavy atom. The minimum Gasteiger partial charge on any atom is -0.384 e. The molecule has 7 heteroatoms. The predicted octanol–water partition coefficient (Wildman–Crippen LogP) is 1.64. The molecule has 0 aliphatic carbocycles. The first-order valence-electron chi connectivity index (χ1n) is 9.02. The van der Waals surface area contributed by atoms with Gasteiger partial charge in [-0.05, 0) is 23.6 Å². The standard InChI is InChI=1S/C19H24N4O2S/c20-19-22(8-7-21-9-11-25-12-10-21)15-4-1-2-5-16(15)23(19)14-17(24)18-6-3-13-26-18/h1-6,13,17,20,24H,7-12,14H2/p+1/t17-/m1/s1. The number of rotatable bonds is 6. The maximum Gasteiger partial charge on any atom is 0.356 e. The van der Waals surface area contributed by atoms with Crippen LogP contribution in [-0.2, 0) is 17.8 Å². The highest BCUT2D eigenvalue weighted by Gasteiger charge is 2.24. The number of thiophene rings is 1. The number of aromatic nitrogens is 2. The Bertz CT molecular complexity index is 856. The van der Waals surface area contributed by atoms with E-state index in [1.54, 1.807) is 11.3 Å². The average molecular weight is 374 g/mol. The number of fused-ring (bicyclic) bond motifs is 1. The predicted molar refractivity (Wildman–Crippen MR) is 103 cm³/mol. The summed E-state index contributed by atoms with van der Waals surface area (Å²) < 4.78 is 9.61. The van der Waals surface area contributed by atoms with E-state index < -0.39 is 6.10 Å². The number of benzene rings is 1. The molecule has 2 aromatic heterocycles. The molecule has 4 rings (SSSR count). The van der Waals surface area contributed by atoms with Crippen LogP contribution in [0.2, 0.25) is 0 Å². The first-order chi connectivity index (χ1) is 12.7. The number of nitrogens with zero attached hydrogens (tertiary/aromatic N) is 3. The number of hydrogen-bond acceptors (Lipinski definition) is 5. The quantitative estimate of drug-likeness (QED) is 0.645. The van der Waals surface area contributed by atoms with Gasteiger partial charge < -0.3 is 9.84 Å². The topological polar surface area (TPSA) is 67.5 Å². The number of aliphatic hydroxyl groups is 1. The Morgan fingerprint density at radius 2 is 1.96 bits per heavy atom. The van der Waals surface area contributed by atoms with Crippen LogP contribution in [0.4, 0.5) is 5.95 Å². The second-order valence-corrected chi connectivity index (χ2v) is 7.57. The summed E-state index contributed by atoms with van der Waals surface area (Å²) in [7, 11) is 0. The fraction of sp³-hybridized carbons (Fsp3) is 0.421. The van der Waals surface area contributed by atoms with Gasteiger partial charge in [-0.1, -0.05) is 18.2 Å². The number of ether oxygens (including phenoxy) is 1. The largest absolute Gasteiger partial charge is 0.384 e. The van der Waals surface area contributed by atoms with Crippen molar-refractivity contribution in [2.45, 2.75) is 19.2 Å². The number of hydrogen-bond donors (Lipinski definition) is 2. The molecule has 1 atom stereocenters. The first kappa shape index (κ1) is 17.5. The zero-order chi connectivity index (χ0) is 17.9. The number of anilines is 1. The number of morpholine rings is 1. The van der Waals surface area contributed by atoms with Crippen molar-refractivity contribution in [2.24, 2.45) is 0 Å². The lowest BCUT2D eigenvalue weighted by Crippen LogP contribution is -2.40. The molecule has 138 valence electrons. The van der Waals surface area contributed by atoms with Crippen molar-refractivity contribution in [3.8, 4) is 0 Å². The molecule has 0 bridgehead atoms. The van der Waals surface area contributed by atoms with E-state index in [9.17, 15) is 5.11 Å². The van der Waals surface area contributed by atoms with E-state index in [0.29, 0.717) is 12.5 Å². The molecule has 1 fully saturated rings. The van der Waals surface area contributed by atoms with Crippen molar-refractivity contribution in [2.75, 3.05) is 38.6 Å². The Morgan fingerprint density at radius 1 is 1.15 bits per heavy atom. The molecule has 1 aliphatic heterocycles. The summed E-state index contributed by atoms with van der Waals surface area (Å²) in [4.78, 5) is 3.37. The minimum absolute atomic E-state index is 0.456. The van der Waals surface area contributed by atoms with Gasteiger partial charge in [-0.15, -0.1) is 11.3 Å². The molecule has 1 aliphatic rings. The molecule has 1 aromatic carbocycles. The van der Waals surface area contributed by atoms with Crippen LogP contribution in [0.15, 0.2) is 41.8 Å². The van der Waals surface area contributed by atoms with Crippen molar-refractivity contribution in [3.63, 3.8) is 0 Å². The van der Waals surface area contributed by atoms with Gasteiger partial charge in [0, 0.05) is 24.5 Å². The van der Waals surface area contributed by atoms with Gasteiger partial charge in [-0.25, -0.2) is 9.13 Å². The summed E-state index contributed by atoms with van der Waals surface area (Å²) in [6.45, 7) is 5.77. The van der Waals surface area contributed by atoms with E-state index in [0.717, 1.165) is 55.3 Å². The number of nitrogen functional groups attached to an aromatic ring is 1. The maximum absolute atomic E-state index is 10.6. The zero-order valence-electron chi connectivity index (χ0n) is 14.8. The molecule has 26 heavy (non-hydrogen) atoms. The fourth-order valence-electron chi connectivity index (χ4n) is 3.55. The molecule has 1 saturated heterocycles. The van der Waals surface area contributed by atoms with Gasteiger partial charge in [0.2, 0.25) is 0 Å². The van der Waals surface area contributed by atoms with E-state index in [-0.39, 0.29) is 0 Å². The maximum atomic E-state index is 10.6. The number of imidazole rings is 1. The Balaban J connectivity index is 1.60. The SMILES string of the molecule is Nc1n(CCN2CCOCC2)c2ccccc2[n+]1C[C@@H](O)c1cccs1. The Kier molecular flexibility index (Phi) is 5.21. The van der Waals surface area contributed by atoms with Crippen LogP contribution in [0, 0.1) is 0 Å². The molecule has 0 unspecified atom stereocenters. The smallest absolute Gasteiger partial charge is 0.356 e. The van der Waals surface area contributed by atoms with Crippen LogP contribution >= 0.6 is 11.3 Å². The zero-order valence-corrected chi connectivity index (χ0v) is 15.6. The van der Waals surface area contributed by atoms with E-state index in [1.807, 2.05) is 34.2 Å². The van der Waals surface area contributed by atoms with E-state index in [1.165, 1.54) is 0 Å². The second kappa shape index (κ2) is 7.75. The second-order valence-electron chi connectivity index (χ2n) is 6.59. The minimum atomic E-state index is -0.555. The van der Waals surface area contributed by atoms with Gasteiger partial charge >= 0.3 is 5.95 Å². The third-order valence-corrected chi connectivity index (χ3v) is 5.96. The van der Waals surface area contributed by atoms with Crippen LogP contribution in [0.25, 0.3) is 11.0 Å². The molecule has 0 saturated carbocycles. The number of nitrogens with two attached hydrogens (primary N) is 1. The number of aliphatic hydroxyl groups excluding tert-OH is 1. The molecule has 0 spiro atoms. The van der Waals surface area contributed by atoms with Crippen LogP contribution in [0.3, 0.4) is 0 Å². The molecule has 3 aromatic rings. The fourth-order valence-corrected chi connectivity index (χ4v) is 4.25. The molecule has 3 N–H and O–H groups in total. The summed E-state index contributed by atoms with van der Waals surface area (Å²) >= 11 is 1.57. The summed E-state index contributed by atoms with van der Waals surface area (Å²) in [5.74, 6) is 0.690. The molecule has 6 nitrogen and oxygen atoms in total. The van der Waals surface area contributed by atoms with Gasteiger partial charge in [0.1, 0.15) is 23.7 Å². The Labute approximate surface area is 157 Å². The third kappa shape index (κ3) is 3.48. The van der Waals surface area contributed by atoms with Crippen LogP contribution < -0.4 is 10.3 Å². The number of para-hydroxylation sites is 2. The van der Waals surface area contributed by atoms with E-state index >= 15 is 0 Å².